The summed E-state index contributed by atoms with van der Waals surface area (Å²) >= 11 is 0. The monoisotopic (exact) mass is 129 g/mol. The Bertz CT molecular complexity index is 131. The third-order valence-electron chi connectivity index (χ3n) is 1.33. The molecule has 5 nitrogen and oxygen atoms in total. The van der Waals surface area contributed by atoms with Crippen molar-refractivity contribution in [2.24, 2.45) is 10.8 Å². The van der Waals surface area contributed by atoms with Gasteiger partial charge in [0.1, 0.15) is 0 Å². The molecule has 0 saturated heterocycles. The Labute approximate surface area is 54.0 Å². The second-order valence-electron chi connectivity index (χ2n) is 1.88. The zero-order valence-electron chi connectivity index (χ0n) is 5.63. The van der Waals surface area contributed by atoms with Crippen LogP contribution in [0.15, 0.2) is 5.10 Å². The van der Waals surface area contributed by atoms with Crippen LogP contribution in [-0.2, 0) is 0 Å². The molecular formula is C4H11N5. The summed E-state index contributed by atoms with van der Waals surface area (Å²) in [5, 5.41) is 7.51. The van der Waals surface area contributed by atoms with Crippen molar-refractivity contribution in [3.05, 3.63) is 0 Å². The quantitative estimate of drug-likeness (QED) is 0.455. The molecule has 0 aliphatic carbocycles. The third-order valence-corrected chi connectivity index (χ3v) is 1.33. The lowest BCUT2D eigenvalue weighted by atomic mass is 10.6. The Hall–Kier alpha value is -0.810. The van der Waals surface area contributed by atoms with Crippen LogP contribution in [0.1, 0.15) is 0 Å². The van der Waals surface area contributed by atoms with E-state index in [9.17, 15) is 0 Å². The fourth-order valence-electron chi connectivity index (χ4n) is 0.620. The molecule has 3 N–H and O–H groups in total. The van der Waals surface area contributed by atoms with E-state index in [0.29, 0.717) is 6.54 Å². The molecule has 0 aromatic rings. The van der Waals surface area contributed by atoms with Gasteiger partial charge in [0.05, 0.1) is 6.54 Å². The number of nitrogens with one attached hydrogen (secondary N) is 1. The number of nitrogens with two attached hydrogens (primary N) is 1. The summed E-state index contributed by atoms with van der Waals surface area (Å²) in [6.07, 6.45) is 0. The summed E-state index contributed by atoms with van der Waals surface area (Å²) in [7, 11) is 3.76. The van der Waals surface area contributed by atoms with Crippen molar-refractivity contribution >= 4 is 5.84 Å². The first-order valence-corrected chi connectivity index (χ1v) is 2.75. The van der Waals surface area contributed by atoms with Crippen LogP contribution in [0.3, 0.4) is 0 Å². The van der Waals surface area contributed by atoms with Gasteiger partial charge in [-0.3, -0.25) is 5.01 Å². The van der Waals surface area contributed by atoms with E-state index in [2.05, 4.69) is 10.6 Å². The Morgan fingerprint density at radius 3 is 2.56 bits per heavy atom. The Morgan fingerprint density at radius 1 is 1.67 bits per heavy atom. The molecule has 1 rings (SSSR count). The highest BCUT2D eigenvalue weighted by molar-refractivity contribution is 5.83. The predicted octanol–water partition coefficient (Wildman–Crippen LogP) is -1.44. The molecule has 0 amide bonds. The number of amidine groups is 1. The molecule has 1 aliphatic rings. The van der Waals surface area contributed by atoms with Gasteiger partial charge < -0.3 is 5.73 Å². The Kier molecular flexibility index (Phi) is 1.54. The lowest BCUT2D eigenvalue weighted by molar-refractivity contribution is 0.0718. The van der Waals surface area contributed by atoms with Crippen LogP contribution in [0.4, 0.5) is 0 Å². The lowest BCUT2D eigenvalue weighted by Crippen LogP contribution is -2.41. The SMILES string of the molecule is CN1NN=C(CN)N1C. The molecular weight excluding hydrogens is 118 g/mol. The van der Waals surface area contributed by atoms with E-state index in [0.717, 1.165) is 5.84 Å². The topological polar surface area (TPSA) is 56.9 Å². The number of hydrogen-bond donors (Lipinski definition) is 2. The molecule has 0 unspecified atom stereocenters. The standard InChI is InChI=1S/C4H11N5/c1-8-4(3-5)6-7-9(8)2/h7H,3,5H2,1-2H3. The minimum Gasteiger partial charge on any atom is -0.324 e. The van der Waals surface area contributed by atoms with Crippen molar-refractivity contribution in [2.45, 2.75) is 0 Å². The van der Waals surface area contributed by atoms with Crippen molar-refractivity contribution in [1.82, 2.24) is 15.7 Å². The van der Waals surface area contributed by atoms with Gasteiger partial charge in [-0.15, -0.1) is 10.2 Å². The summed E-state index contributed by atoms with van der Waals surface area (Å²) in [4.78, 5) is 0. The van der Waals surface area contributed by atoms with Gasteiger partial charge in [0.2, 0.25) is 0 Å². The van der Waals surface area contributed by atoms with Gasteiger partial charge in [0.15, 0.2) is 5.84 Å². The molecule has 5 heteroatoms. The third kappa shape index (κ3) is 0.962. The highest BCUT2D eigenvalue weighted by Crippen LogP contribution is 1.95. The number of likely N-dealkylation sites (N-methyl/N-ethyl adjacent to an activating group) is 1. The molecule has 1 heterocycles. The van der Waals surface area contributed by atoms with Crippen molar-refractivity contribution < 1.29 is 0 Å². The highest BCUT2D eigenvalue weighted by atomic mass is 15.9. The van der Waals surface area contributed by atoms with Crippen LogP contribution in [0.25, 0.3) is 0 Å². The number of nitrogens with zero attached hydrogens (tertiary/aromatic N) is 3. The molecule has 0 saturated carbocycles. The summed E-state index contributed by atoms with van der Waals surface area (Å²) in [6, 6.07) is 0. The van der Waals surface area contributed by atoms with E-state index >= 15 is 0 Å². The van der Waals surface area contributed by atoms with Gasteiger partial charge in [-0.2, -0.15) is 0 Å². The predicted molar refractivity (Wildman–Crippen MR) is 35.2 cm³/mol. The zero-order chi connectivity index (χ0) is 6.85. The lowest BCUT2D eigenvalue weighted by Gasteiger charge is -2.19. The molecule has 52 valence electrons. The van der Waals surface area contributed by atoms with Crippen LogP contribution in [-0.4, -0.2) is 36.6 Å². The average molecular weight is 129 g/mol. The fraction of sp³-hybridized carbons (Fsp3) is 0.750. The first-order chi connectivity index (χ1) is 4.25. The number of hydrazone groups is 1. The minimum atomic E-state index is 0.466. The van der Waals surface area contributed by atoms with Gasteiger partial charge in [-0.05, 0) is 0 Å². The molecule has 0 fully saturated rings. The second-order valence-corrected chi connectivity index (χ2v) is 1.88. The van der Waals surface area contributed by atoms with E-state index in [1.807, 2.05) is 19.1 Å². The minimum absolute atomic E-state index is 0.466. The summed E-state index contributed by atoms with van der Waals surface area (Å²) in [5.41, 5.74) is 8.08. The molecule has 0 radical (unpaired) electrons. The van der Waals surface area contributed by atoms with Crippen molar-refractivity contribution in [3.63, 3.8) is 0 Å². The van der Waals surface area contributed by atoms with Gasteiger partial charge in [0.25, 0.3) is 0 Å². The molecule has 0 bridgehead atoms. The van der Waals surface area contributed by atoms with Crippen molar-refractivity contribution in [1.29, 1.82) is 0 Å². The first kappa shape index (κ1) is 6.31. The normalized spacial score (nSPS) is 19.9. The van der Waals surface area contributed by atoms with E-state index < -0.39 is 0 Å². The highest BCUT2D eigenvalue weighted by Gasteiger charge is 2.14. The van der Waals surface area contributed by atoms with Crippen molar-refractivity contribution in [3.8, 4) is 0 Å². The van der Waals surface area contributed by atoms with Gasteiger partial charge in [-0.1, -0.05) is 0 Å². The van der Waals surface area contributed by atoms with E-state index in [1.165, 1.54) is 0 Å². The smallest absolute Gasteiger partial charge is 0.155 e. The Balaban J connectivity index is 2.55. The van der Waals surface area contributed by atoms with Crippen LogP contribution in [0.2, 0.25) is 0 Å². The average Bonchev–Trinajstić information content (AvgIpc) is 2.15. The van der Waals surface area contributed by atoms with Gasteiger partial charge in [-0.25, -0.2) is 5.53 Å². The molecule has 0 spiro atoms. The summed E-state index contributed by atoms with van der Waals surface area (Å²) < 4.78 is 0. The van der Waals surface area contributed by atoms with Crippen molar-refractivity contribution in [2.75, 3.05) is 20.6 Å². The summed E-state index contributed by atoms with van der Waals surface area (Å²) in [6.45, 7) is 0.466. The summed E-state index contributed by atoms with van der Waals surface area (Å²) in [5.74, 6) is 0.845. The van der Waals surface area contributed by atoms with E-state index in [1.54, 1.807) is 5.12 Å². The largest absolute Gasteiger partial charge is 0.324 e. The molecule has 0 atom stereocenters. The van der Waals surface area contributed by atoms with Crippen LogP contribution < -0.4 is 11.3 Å². The van der Waals surface area contributed by atoms with E-state index in [-0.39, 0.29) is 0 Å². The van der Waals surface area contributed by atoms with Gasteiger partial charge in [0, 0.05) is 14.1 Å². The van der Waals surface area contributed by atoms with Crippen LogP contribution in [0, 0.1) is 0 Å². The number of hydrogen-bond acceptors (Lipinski definition) is 5. The van der Waals surface area contributed by atoms with Crippen LogP contribution >= 0.6 is 0 Å². The van der Waals surface area contributed by atoms with Crippen LogP contribution in [0.5, 0.6) is 0 Å². The Morgan fingerprint density at radius 2 is 2.33 bits per heavy atom. The number of hydrazine groups is 2. The molecule has 9 heavy (non-hydrogen) atoms. The maximum atomic E-state index is 5.35. The first-order valence-electron chi connectivity index (χ1n) is 2.75. The molecule has 0 aromatic carbocycles. The molecule has 1 aliphatic heterocycles. The van der Waals surface area contributed by atoms with Gasteiger partial charge >= 0.3 is 0 Å². The number of rotatable bonds is 1. The zero-order valence-corrected chi connectivity index (χ0v) is 5.63. The molecule has 0 aromatic heterocycles. The second kappa shape index (κ2) is 2.20. The maximum Gasteiger partial charge on any atom is 0.155 e. The van der Waals surface area contributed by atoms with E-state index in [4.69, 9.17) is 5.73 Å². The fourth-order valence-corrected chi connectivity index (χ4v) is 0.620. The maximum absolute atomic E-state index is 5.35.